The van der Waals surface area contributed by atoms with Gasteiger partial charge in [-0.25, -0.2) is 0 Å². The standard InChI is InChI=1S/C48H95NO5/c1-5-9-13-16-20-27-35-46(36-28-21-17-14-10-6-2)54-48(52)38-30-23-19-25-32-41-49(42-43-50)40-31-24-18-22-29-37-47(51)53-44-39-45(33-12-8-4)34-26-15-11-7-3/h45-46,50H,5-44H2,1-4H3. The third-order valence-electron chi connectivity index (χ3n) is 11.4. The van der Waals surface area contributed by atoms with Crippen molar-refractivity contribution >= 4 is 11.9 Å². The molecule has 0 radical (unpaired) electrons. The Morgan fingerprint density at radius 1 is 0.444 bits per heavy atom. The first-order valence-electron chi connectivity index (χ1n) is 24.2. The second kappa shape index (κ2) is 43.0. The maximum atomic E-state index is 12.7. The number of aliphatic hydroxyl groups is 1. The quantitative estimate of drug-likeness (QED) is 0.0492. The van der Waals surface area contributed by atoms with Crippen LogP contribution in [0.3, 0.4) is 0 Å². The van der Waals surface area contributed by atoms with Crippen LogP contribution < -0.4 is 0 Å². The molecule has 0 aromatic rings. The lowest BCUT2D eigenvalue weighted by Crippen LogP contribution is -2.29. The van der Waals surface area contributed by atoms with Gasteiger partial charge in [-0.2, -0.15) is 0 Å². The van der Waals surface area contributed by atoms with Crippen molar-refractivity contribution in [2.45, 2.75) is 259 Å². The summed E-state index contributed by atoms with van der Waals surface area (Å²) < 4.78 is 11.6. The van der Waals surface area contributed by atoms with E-state index in [-0.39, 0.29) is 24.6 Å². The minimum atomic E-state index is -0.0180. The molecule has 0 aliphatic carbocycles. The zero-order valence-corrected chi connectivity index (χ0v) is 37.0. The van der Waals surface area contributed by atoms with Gasteiger partial charge in [0.2, 0.25) is 0 Å². The smallest absolute Gasteiger partial charge is 0.306 e. The molecule has 1 N–H and O–H groups in total. The highest BCUT2D eigenvalue weighted by molar-refractivity contribution is 5.69. The van der Waals surface area contributed by atoms with Crippen LogP contribution in [0.5, 0.6) is 0 Å². The predicted molar refractivity (Wildman–Crippen MR) is 232 cm³/mol. The van der Waals surface area contributed by atoms with Crippen LogP contribution in [0, 0.1) is 5.92 Å². The van der Waals surface area contributed by atoms with Gasteiger partial charge in [0.05, 0.1) is 13.2 Å². The van der Waals surface area contributed by atoms with Gasteiger partial charge in [-0.05, 0) is 76.8 Å². The highest BCUT2D eigenvalue weighted by Gasteiger charge is 2.15. The van der Waals surface area contributed by atoms with Crippen molar-refractivity contribution in [2.75, 3.05) is 32.8 Å². The number of aliphatic hydroxyl groups excluding tert-OH is 1. The first-order chi connectivity index (χ1) is 26.5. The van der Waals surface area contributed by atoms with Crippen LogP contribution in [0.15, 0.2) is 0 Å². The first kappa shape index (κ1) is 52.9. The van der Waals surface area contributed by atoms with E-state index in [0.717, 1.165) is 90.3 Å². The monoisotopic (exact) mass is 766 g/mol. The molecule has 0 saturated carbocycles. The lowest BCUT2D eigenvalue weighted by Gasteiger charge is -2.21. The number of carbonyl (C=O) groups is 2. The van der Waals surface area contributed by atoms with Crippen molar-refractivity contribution in [3.63, 3.8) is 0 Å². The highest BCUT2D eigenvalue weighted by Crippen LogP contribution is 2.22. The molecule has 0 heterocycles. The van der Waals surface area contributed by atoms with Gasteiger partial charge in [-0.15, -0.1) is 0 Å². The summed E-state index contributed by atoms with van der Waals surface area (Å²) in [5.41, 5.74) is 0. The molecule has 0 aliphatic rings. The Hall–Kier alpha value is -1.14. The lowest BCUT2D eigenvalue weighted by atomic mass is 9.92. The molecule has 0 saturated heterocycles. The van der Waals surface area contributed by atoms with Gasteiger partial charge in [-0.1, -0.05) is 182 Å². The molecule has 0 fully saturated rings. The fraction of sp³-hybridized carbons (Fsp3) is 0.958. The summed E-state index contributed by atoms with van der Waals surface area (Å²) in [6.07, 6.45) is 41.0. The van der Waals surface area contributed by atoms with Crippen LogP contribution in [0.4, 0.5) is 0 Å². The Labute approximate surface area is 337 Å². The van der Waals surface area contributed by atoms with Crippen molar-refractivity contribution in [3.05, 3.63) is 0 Å². The van der Waals surface area contributed by atoms with Gasteiger partial charge < -0.3 is 19.5 Å². The van der Waals surface area contributed by atoms with E-state index in [9.17, 15) is 14.7 Å². The van der Waals surface area contributed by atoms with Gasteiger partial charge in [0.25, 0.3) is 0 Å². The summed E-state index contributed by atoms with van der Waals surface area (Å²) in [6.45, 7) is 12.7. The van der Waals surface area contributed by atoms with Crippen LogP contribution in [0.2, 0.25) is 0 Å². The summed E-state index contributed by atoms with van der Waals surface area (Å²) in [4.78, 5) is 27.4. The van der Waals surface area contributed by atoms with E-state index in [4.69, 9.17) is 9.47 Å². The highest BCUT2D eigenvalue weighted by atomic mass is 16.5. The minimum absolute atomic E-state index is 0.0145. The van der Waals surface area contributed by atoms with Crippen LogP contribution in [0.25, 0.3) is 0 Å². The van der Waals surface area contributed by atoms with Gasteiger partial charge in [-0.3, -0.25) is 9.59 Å². The molecule has 54 heavy (non-hydrogen) atoms. The van der Waals surface area contributed by atoms with E-state index in [1.807, 2.05) is 0 Å². The molecular formula is C48H95NO5. The molecule has 322 valence electrons. The molecule has 1 atom stereocenters. The maximum Gasteiger partial charge on any atom is 0.306 e. The number of esters is 2. The number of hydrogen-bond acceptors (Lipinski definition) is 6. The summed E-state index contributed by atoms with van der Waals surface area (Å²) in [5.74, 6) is 0.704. The zero-order chi connectivity index (χ0) is 39.6. The summed E-state index contributed by atoms with van der Waals surface area (Å²) >= 11 is 0. The van der Waals surface area contributed by atoms with Gasteiger partial charge in [0, 0.05) is 19.4 Å². The Morgan fingerprint density at radius 3 is 1.37 bits per heavy atom. The van der Waals surface area contributed by atoms with Gasteiger partial charge >= 0.3 is 11.9 Å². The van der Waals surface area contributed by atoms with Crippen molar-refractivity contribution < 1.29 is 24.2 Å². The molecule has 0 aliphatic heterocycles. The van der Waals surface area contributed by atoms with Crippen molar-refractivity contribution in [3.8, 4) is 0 Å². The van der Waals surface area contributed by atoms with Gasteiger partial charge in [0.1, 0.15) is 6.10 Å². The molecule has 0 aromatic carbocycles. The van der Waals surface area contributed by atoms with Crippen molar-refractivity contribution in [1.29, 1.82) is 0 Å². The average Bonchev–Trinajstić information content (AvgIpc) is 3.16. The summed E-state index contributed by atoms with van der Waals surface area (Å²) in [7, 11) is 0. The number of ether oxygens (including phenoxy) is 2. The van der Waals surface area contributed by atoms with Crippen molar-refractivity contribution in [2.24, 2.45) is 5.92 Å². The Bertz CT molecular complexity index is 760. The second-order valence-corrected chi connectivity index (χ2v) is 16.7. The molecular weight excluding hydrogens is 671 g/mol. The number of hydrogen-bond donors (Lipinski definition) is 1. The van der Waals surface area contributed by atoms with Crippen LogP contribution >= 0.6 is 0 Å². The van der Waals surface area contributed by atoms with E-state index >= 15 is 0 Å². The van der Waals surface area contributed by atoms with E-state index < -0.39 is 0 Å². The zero-order valence-electron chi connectivity index (χ0n) is 37.0. The fourth-order valence-electron chi connectivity index (χ4n) is 7.76. The number of unbranched alkanes of at least 4 members (excludes halogenated alkanes) is 22. The van der Waals surface area contributed by atoms with E-state index in [0.29, 0.717) is 25.4 Å². The number of rotatable bonds is 44. The third-order valence-corrected chi connectivity index (χ3v) is 11.4. The van der Waals surface area contributed by atoms with E-state index in [1.54, 1.807) is 0 Å². The molecule has 0 spiro atoms. The topological polar surface area (TPSA) is 76.1 Å². The summed E-state index contributed by atoms with van der Waals surface area (Å²) in [5, 5.41) is 9.59. The molecule has 6 heteroatoms. The number of carbonyl (C=O) groups excluding carboxylic acids is 2. The fourth-order valence-corrected chi connectivity index (χ4v) is 7.76. The van der Waals surface area contributed by atoms with E-state index in [2.05, 4.69) is 32.6 Å². The molecule has 0 aromatic heterocycles. The first-order valence-corrected chi connectivity index (χ1v) is 24.2. The van der Waals surface area contributed by atoms with Crippen LogP contribution in [-0.2, 0) is 19.1 Å². The molecule has 0 bridgehead atoms. The van der Waals surface area contributed by atoms with Gasteiger partial charge in [0.15, 0.2) is 0 Å². The third kappa shape index (κ3) is 37.8. The Kier molecular flexibility index (Phi) is 42.1. The lowest BCUT2D eigenvalue weighted by molar-refractivity contribution is -0.150. The predicted octanol–water partition coefficient (Wildman–Crippen LogP) is 14.1. The second-order valence-electron chi connectivity index (χ2n) is 16.7. The van der Waals surface area contributed by atoms with Crippen LogP contribution in [0.1, 0.15) is 252 Å². The molecule has 1 unspecified atom stereocenters. The SMILES string of the molecule is CCCCCCCCC(CCCCCCCC)OC(=O)CCCCCCCN(CCO)CCCCCCCC(=O)OCCC(CCCC)CCCCCC. The molecule has 6 nitrogen and oxygen atoms in total. The summed E-state index contributed by atoms with van der Waals surface area (Å²) in [6, 6.07) is 0. The molecule has 0 rings (SSSR count). The Morgan fingerprint density at radius 2 is 0.852 bits per heavy atom. The maximum absolute atomic E-state index is 12.7. The van der Waals surface area contributed by atoms with Crippen LogP contribution in [-0.4, -0.2) is 60.9 Å². The number of nitrogens with zero attached hydrogens (tertiary/aromatic N) is 1. The largest absolute Gasteiger partial charge is 0.466 e. The Balaban J connectivity index is 4.05. The van der Waals surface area contributed by atoms with E-state index in [1.165, 1.54) is 141 Å². The normalized spacial score (nSPS) is 12.2. The molecule has 0 amide bonds. The van der Waals surface area contributed by atoms with Crippen molar-refractivity contribution in [1.82, 2.24) is 4.90 Å². The average molecular weight is 766 g/mol. The minimum Gasteiger partial charge on any atom is -0.466 e.